The zero-order valence-electron chi connectivity index (χ0n) is 5.35. The smallest absolute Gasteiger partial charge is 0.00673 e. The van der Waals surface area contributed by atoms with Gasteiger partial charge in [0.2, 0.25) is 0 Å². The summed E-state index contributed by atoms with van der Waals surface area (Å²) in [7, 11) is 0. The van der Waals surface area contributed by atoms with E-state index in [1.54, 1.807) is 0 Å². The van der Waals surface area contributed by atoms with E-state index >= 15 is 0 Å². The second-order valence-electron chi connectivity index (χ2n) is 3.29. The van der Waals surface area contributed by atoms with Crippen LogP contribution in [0.25, 0.3) is 0 Å². The highest BCUT2D eigenvalue weighted by molar-refractivity contribution is 4.92. The minimum absolute atomic E-state index is 0.819. The molecule has 1 N–H and O–H groups in total. The lowest BCUT2D eigenvalue weighted by Gasteiger charge is -2.46. The molecule has 1 saturated carbocycles. The first-order valence-electron chi connectivity index (χ1n) is 3.59. The molecule has 2 saturated heterocycles. The Balaban J connectivity index is 2.01. The van der Waals surface area contributed by atoms with Crippen LogP contribution in [-0.4, -0.2) is 12.6 Å². The van der Waals surface area contributed by atoms with Gasteiger partial charge in [-0.3, -0.25) is 0 Å². The highest BCUT2D eigenvalue weighted by Gasteiger charge is 2.37. The van der Waals surface area contributed by atoms with Crippen molar-refractivity contribution in [3.8, 4) is 0 Å². The first-order chi connectivity index (χ1) is 3.86. The molecule has 0 amide bonds. The number of hydrogen-bond acceptors (Lipinski definition) is 1. The summed E-state index contributed by atoms with van der Waals surface area (Å²) in [6.07, 6.45) is 3.02. The third-order valence-corrected chi connectivity index (χ3v) is 2.71. The lowest BCUT2D eigenvalue weighted by atomic mass is 9.68. The third kappa shape index (κ3) is 0.510. The highest BCUT2D eigenvalue weighted by Crippen LogP contribution is 2.38. The first kappa shape index (κ1) is 4.80. The number of piperidine rings is 2. The SMILES string of the molecule is CC1NCC2CC1C2. The second-order valence-corrected chi connectivity index (χ2v) is 3.29. The van der Waals surface area contributed by atoms with Gasteiger partial charge in [0.25, 0.3) is 0 Å². The molecule has 3 fully saturated rings. The molecule has 2 aliphatic heterocycles. The molecule has 0 aromatic carbocycles. The van der Waals surface area contributed by atoms with Gasteiger partial charge in [-0.15, -0.1) is 0 Å². The standard InChI is InChI=1S/C7H13N/c1-5-7-2-6(3-7)4-8-5/h5-8H,2-4H2,1H3. The Bertz CT molecular complexity index is 89.1. The minimum atomic E-state index is 0.819. The molecular weight excluding hydrogens is 98.1 g/mol. The maximum absolute atomic E-state index is 3.48. The van der Waals surface area contributed by atoms with Crippen molar-refractivity contribution in [2.75, 3.05) is 6.54 Å². The van der Waals surface area contributed by atoms with E-state index in [9.17, 15) is 0 Å². The zero-order valence-corrected chi connectivity index (χ0v) is 5.35. The Morgan fingerprint density at radius 2 is 2.12 bits per heavy atom. The predicted molar refractivity (Wildman–Crippen MR) is 33.7 cm³/mol. The summed E-state index contributed by atoms with van der Waals surface area (Å²) in [6.45, 7) is 3.59. The zero-order chi connectivity index (χ0) is 5.56. The van der Waals surface area contributed by atoms with Crippen molar-refractivity contribution < 1.29 is 0 Å². The highest BCUT2D eigenvalue weighted by atomic mass is 15.0. The summed E-state index contributed by atoms with van der Waals surface area (Å²) in [5, 5.41) is 3.48. The molecule has 1 nitrogen and oxygen atoms in total. The Morgan fingerprint density at radius 3 is 2.38 bits per heavy atom. The van der Waals surface area contributed by atoms with Gasteiger partial charge in [0.05, 0.1) is 0 Å². The summed E-state index contributed by atoms with van der Waals surface area (Å²) in [5.41, 5.74) is 0. The van der Waals surface area contributed by atoms with E-state index in [-0.39, 0.29) is 0 Å². The molecule has 1 aliphatic carbocycles. The van der Waals surface area contributed by atoms with Crippen LogP contribution in [0.4, 0.5) is 0 Å². The van der Waals surface area contributed by atoms with Crippen LogP contribution in [0.1, 0.15) is 19.8 Å². The largest absolute Gasteiger partial charge is 0.314 e. The summed E-state index contributed by atoms with van der Waals surface area (Å²) in [5.74, 6) is 2.09. The minimum Gasteiger partial charge on any atom is -0.314 e. The number of rotatable bonds is 0. The molecule has 1 atom stereocenters. The van der Waals surface area contributed by atoms with Gasteiger partial charge in [-0.25, -0.2) is 0 Å². The van der Waals surface area contributed by atoms with Crippen LogP contribution in [-0.2, 0) is 0 Å². The van der Waals surface area contributed by atoms with Gasteiger partial charge in [-0.2, -0.15) is 0 Å². The molecule has 1 unspecified atom stereocenters. The Morgan fingerprint density at radius 1 is 1.38 bits per heavy atom. The summed E-state index contributed by atoms with van der Waals surface area (Å²) < 4.78 is 0. The van der Waals surface area contributed by atoms with E-state index in [0.717, 1.165) is 17.9 Å². The van der Waals surface area contributed by atoms with Crippen molar-refractivity contribution in [2.24, 2.45) is 11.8 Å². The van der Waals surface area contributed by atoms with Gasteiger partial charge in [0.15, 0.2) is 0 Å². The van der Waals surface area contributed by atoms with E-state index in [2.05, 4.69) is 12.2 Å². The molecule has 3 aliphatic rings. The summed E-state index contributed by atoms with van der Waals surface area (Å²) >= 11 is 0. The quantitative estimate of drug-likeness (QED) is 0.492. The monoisotopic (exact) mass is 111 g/mol. The number of fused-ring (bicyclic) bond motifs is 2. The van der Waals surface area contributed by atoms with Crippen molar-refractivity contribution in [3.63, 3.8) is 0 Å². The fraction of sp³-hybridized carbons (Fsp3) is 1.00. The van der Waals surface area contributed by atoms with Crippen LogP contribution in [0.15, 0.2) is 0 Å². The molecule has 0 aromatic heterocycles. The van der Waals surface area contributed by atoms with Crippen LogP contribution < -0.4 is 5.32 Å². The van der Waals surface area contributed by atoms with E-state index in [0.29, 0.717) is 0 Å². The molecular formula is C7H13N. The Labute approximate surface area is 50.5 Å². The van der Waals surface area contributed by atoms with E-state index in [1.165, 1.54) is 19.4 Å². The third-order valence-electron chi connectivity index (χ3n) is 2.71. The van der Waals surface area contributed by atoms with Crippen LogP contribution >= 0.6 is 0 Å². The average molecular weight is 111 g/mol. The van der Waals surface area contributed by atoms with Gasteiger partial charge in [-0.05, 0) is 38.1 Å². The molecule has 2 heterocycles. The maximum Gasteiger partial charge on any atom is 0.00673 e. The predicted octanol–water partition coefficient (Wildman–Crippen LogP) is 1.00. The molecule has 8 heavy (non-hydrogen) atoms. The van der Waals surface area contributed by atoms with Gasteiger partial charge in [0.1, 0.15) is 0 Å². The van der Waals surface area contributed by atoms with Crippen molar-refractivity contribution in [2.45, 2.75) is 25.8 Å². The van der Waals surface area contributed by atoms with Crippen molar-refractivity contribution >= 4 is 0 Å². The fourth-order valence-electron chi connectivity index (χ4n) is 1.88. The fourth-order valence-corrected chi connectivity index (χ4v) is 1.88. The van der Waals surface area contributed by atoms with E-state index in [4.69, 9.17) is 0 Å². The number of nitrogens with one attached hydrogen (secondary N) is 1. The van der Waals surface area contributed by atoms with Crippen molar-refractivity contribution in [1.82, 2.24) is 5.32 Å². The molecule has 3 rings (SSSR count). The Kier molecular flexibility index (Phi) is 0.884. The molecule has 0 aromatic rings. The molecule has 0 radical (unpaired) electrons. The number of hydrogen-bond donors (Lipinski definition) is 1. The van der Waals surface area contributed by atoms with Gasteiger partial charge >= 0.3 is 0 Å². The lowest BCUT2D eigenvalue weighted by molar-refractivity contribution is 0.0918. The molecule has 46 valence electrons. The van der Waals surface area contributed by atoms with Crippen molar-refractivity contribution in [1.29, 1.82) is 0 Å². The second kappa shape index (κ2) is 1.47. The normalized spacial score (nSPS) is 52.9. The van der Waals surface area contributed by atoms with Crippen LogP contribution in [0, 0.1) is 11.8 Å². The van der Waals surface area contributed by atoms with E-state index < -0.39 is 0 Å². The van der Waals surface area contributed by atoms with Crippen LogP contribution in [0.3, 0.4) is 0 Å². The topological polar surface area (TPSA) is 12.0 Å². The summed E-state index contributed by atoms with van der Waals surface area (Å²) in [4.78, 5) is 0. The Hall–Kier alpha value is -0.0400. The van der Waals surface area contributed by atoms with Gasteiger partial charge < -0.3 is 5.32 Å². The molecule has 2 bridgehead atoms. The maximum atomic E-state index is 3.48. The van der Waals surface area contributed by atoms with Crippen LogP contribution in [0.2, 0.25) is 0 Å². The van der Waals surface area contributed by atoms with Crippen LogP contribution in [0.5, 0.6) is 0 Å². The van der Waals surface area contributed by atoms with Gasteiger partial charge in [-0.1, -0.05) is 0 Å². The molecule has 0 spiro atoms. The molecule has 1 heteroatoms. The average Bonchev–Trinajstić information content (AvgIpc) is 1.62. The lowest BCUT2D eigenvalue weighted by Crippen LogP contribution is -2.51. The van der Waals surface area contributed by atoms with Gasteiger partial charge in [0, 0.05) is 6.04 Å². The summed E-state index contributed by atoms with van der Waals surface area (Å²) in [6, 6.07) is 0.819. The van der Waals surface area contributed by atoms with Crippen molar-refractivity contribution in [3.05, 3.63) is 0 Å². The van der Waals surface area contributed by atoms with E-state index in [1.807, 2.05) is 0 Å². The first-order valence-corrected chi connectivity index (χ1v) is 3.59.